The van der Waals surface area contributed by atoms with Crippen molar-refractivity contribution in [1.82, 2.24) is 4.90 Å². The third-order valence-corrected chi connectivity index (χ3v) is 6.61. The number of nitrogens with one attached hydrogen (secondary N) is 1. The van der Waals surface area contributed by atoms with Crippen LogP contribution in [0.1, 0.15) is 26.3 Å². The van der Waals surface area contributed by atoms with Gasteiger partial charge in [0, 0.05) is 48.7 Å². The summed E-state index contributed by atoms with van der Waals surface area (Å²) >= 11 is 0. The Morgan fingerprint density at radius 1 is 0.639 bits per heavy atom. The monoisotopic (exact) mass is 475 g/mol. The first-order valence-electron chi connectivity index (χ1n) is 12.2. The fourth-order valence-corrected chi connectivity index (χ4v) is 4.45. The molecule has 1 fully saturated rings. The number of hydrogen-bond donors (Lipinski definition) is 1. The summed E-state index contributed by atoms with van der Waals surface area (Å²) in [5.74, 6) is -0.0462. The lowest BCUT2D eigenvalue weighted by Gasteiger charge is -2.36. The molecule has 180 valence electrons. The average Bonchev–Trinajstić information content (AvgIpc) is 2.94. The van der Waals surface area contributed by atoms with Crippen molar-refractivity contribution in [3.8, 4) is 11.1 Å². The van der Waals surface area contributed by atoms with Gasteiger partial charge in [0.2, 0.25) is 0 Å². The Labute approximate surface area is 212 Å². The van der Waals surface area contributed by atoms with Crippen LogP contribution in [-0.2, 0) is 0 Å². The molecule has 0 saturated carbocycles. The maximum absolute atomic E-state index is 12.8. The molecule has 1 aliphatic heterocycles. The average molecular weight is 476 g/mol. The molecule has 0 bridgehead atoms. The van der Waals surface area contributed by atoms with Crippen LogP contribution >= 0.6 is 0 Å². The Hall–Kier alpha value is -4.38. The van der Waals surface area contributed by atoms with Gasteiger partial charge in [-0.1, -0.05) is 60.2 Å². The first kappa shape index (κ1) is 23.4. The van der Waals surface area contributed by atoms with Crippen LogP contribution in [0.4, 0.5) is 11.4 Å². The van der Waals surface area contributed by atoms with E-state index >= 15 is 0 Å². The van der Waals surface area contributed by atoms with Gasteiger partial charge in [-0.25, -0.2) is 0 Å². The van der Waals surface area contributed by atoms with Crippen molar-refractivity contribution >= 4 is 23.2 Å². The van der Waals surface area contributed by atoms with E-state index in [0.29, 0.717) is 18.7 Å². The molecule has 5 heteroatoms. The van der Waals surface area contributed by atoms with E-state index in [1.807, 2.05) is 103 Å². The molecule has 4 aromatic rings. The third kappa shape index (κ3) is 5.31. The molecule has 1 saturated heterocycles. The largest absolute Gasteiger partial charge is 0.368 e. The number of benzene rings is 4. The minimum Gasteiger partial charge on any atom is -0.368 e. The first-order chi connectivity index (χ1) is 17.6. The van der Waals surface area contributed by atoms with Crippen LogP contribution in [-0.4, -0.2) is 42.9 Å². The van der Waals surface area contributed by atoms with Crippen molar-refractivity contribution in [2.75, 3.05) is 36.4 Å². The fraction of sp³-hybridized carbons (Fsp3) is 0.161. The summed E-state index contributed by atoms with van der Waals surface area (Å²) in [7, 11) is 0. The van der Waals surface area contributed by atoms with Crippen LogP contribution in [0.25, 0.3) is 11.1 Å². The van der Waals surface area contributed by atoms with Gasteiger partial charge in [-0.2, -0.15) is 0 Å². The van der Waals surface area contributed by atoms with E-state index in [9.17, 15) is 9.59 Å². The lowest BCUT2D eigenvalue weighted by Crippen LogP contribution is -2.48. The number of piperazine rings is 1. The van der Waals surface area contributed by atoms with Crippen LogP contribution in [0.5, 0.6) is 0 Å². The Kier molecular flexibility index (Phi) is 6.80. The standard InChI is InChI=1S/C31H29N3O2/c1-23-7-9-27(10-8-23)31(36)34-21-19-33(20-22-34)29-17-15-28(16-18-29)32-30(35)26-13-11-25(12-14-26)24-5-3-2-4-6-24/h2-18H,19-22H2,1H3,(H,32,35). The molecule has 2 amide bonds. The summed E-state index contributed by atoms with van der Waals surface area (Å²) in [6.07, 6.45) is 0. The van der Waals surface area contributed by atoms with Gasteiger partial charge in [0.05, 0.1) is 0 Å². The molecule has 1 aliphatic rings. The van der Waals surface area contributed by atoms with Crippen molar-refractivity contribution in [1.29, 1.82) is 0 Å². The zero-order valence-corrected chi connectivity index (χ0v) is 20.4. The molecule has 0 radical (unpaired) electrons. The highest BCUT2D eigenvalue weighted by molar-refractivity contribution is 6.04. The van der Waals surface area contributed by atoms with Gasteiger partial charge in [0.15, 0.2) is 0 Å². The molecule has 0 atom stereocenters. The first-order valence-corrected chi connectivity index (χ1v) is 12.2. The number of carbonyl (C=O) groups is 2. The normalized spacial score (nSPS) is 13.4. The lowest BCUT2D eigenvalue weighted by molar-refractivity contribution is 0.0746. The molecule has 36 heavy (non-hydrogen) atoms. The Morgan fingerprint density at radius 3 is 1.86 bits per heavy atom. The van der Waals surface area contributed by atoms with Crippen molar-refractivity contribution in [3.63, 3.8) is 0 Å². The molecule has 0 unspecified atom stereocenters. The topological polar surface area (TPSA) is 52.7 Å². The highest BCUT2D eigenvalue weighted by atomic mass is 16.2. The second-order valence-electron chi connectivity index (χ2n) is 9.09. The van der Waals surface area contributed by atoms with Crippen LogP contribution in [0.2, 0.25) is 0 Å². The van der Waals surface area contributed by atoms with E-state index in [2.05, 4.69) is 22.3 Å². The molecule has 5 rings (SSSR count). The zero-order chi connectivity index (χ0) is 24.9. The van der Waals surface area contributed by atoms with E-state index in [1.165, 1.54) is 0 Å². The van der Waals surface area contributed by atoms with E-state index in [-0.39, 0.29) is 11.8 Å². The maximum atomic E-state index is 12.8. The van der Waals surface area contributed by atoms with Crippen LogP contribution < -0.4 is 10.2 Å². The Morgan fingerprint density at radius 2 is 1.22 bits per heavy atom. The van der Waals surface area contributed by atoms with E-state index < -0.39 is 0 Å². The number of anilines is 2. The van der Waals surface area contributed by atoms with Gasteiger partial charge >= 0.3 is 0 Å². The fourth-order valence-electron chi connectivity index (χ4n) is 4.45. The van der Waals surface area contributed by atoms with Crippen LogP contribution in [0.3, 0.4) is 0 Å². The lowest BCUT2D eigenvalue weighted by atomic mass is 10.0. The predicted octanol–water partition coefficient (Wildman–Crippen LogP) is 5.88. The minimum absolute atomic E-state index is 0.0875. The van der Waals surface area contributed by atoms with Crippen molar-refractivity contribution < 1.29 is 9.59 Å². The van der Waals surface area contributed by atoms with Gasteiger partial charge in [-0.15, -0.1) is 0 Å². The number of hydrogen-bond acceptors (Lipinski definition) is 3. The molecule has 1 N–H and O–H groups in total. The molecule has 0 aromatic heterocycles. The molecular formula is C31H29N3O2. The number of carbonyl (C=O) groups excluding carboxylic acids is 2. The highest BCUT2D eigenvalue weighted by Gasteiger charge is 2.22. The van der Waals surface area contributed by atoms with E-state index in [1.54, 1.807) is 0 Å². The third-order valence-electron chi connectivity index (χ3n) is 6.61. The zero-order valence-electron chi connectivity index (χ0n) is 20.4. The van der Waals surface area contributed by atoms with Gasteiger partial charge in [-0.05, 0) is 66.6 Å². The molecule has 0 spiro atoms. The summed E-state index contributed by atoms with van der Waals surface area (Å²) in [5.41, 5.74) is 6.55. The summed E-state index contributed by atoms with van der Waals surface area (Å²) in [6, 6.07) is 33.4. The van der Waals surface area contributed by atoms with Crippen molar-refractivity contribution in [2.45, 2.75) is 6.92 Å². The summed E-state index contributed by atoms with van der Waals surface area (Å²) in [4.78, 5) is 29.7. The quantitative estimate of drug-likeness (QED) is 0.392. The second-order valence-corrected chi connectivity index (χ2v) is 9.09. The Balaban J connectivity index is 1.15. The molecule has 4 aromatic carbocycles. The SMILES string of the molecule is Cc1ccc(C(=O)N2CCN(c3ccc(NC(=O)c4ccc(-c5ccccc5)cc4)cc3)CC2)cc1. The van der Waals surface area contributed by atoms with E-state index in [0.717, 1.165) is 46.7 Å². The van der Waals surface area contributed by atoms with Crippen LogP contribution in [0.15, 0.2) is 103 Å². The van der Waals surface area contributed by atoms with Crippen molar-refractivity contribution in [2.24, 2.45) is 0 Å². The van der Waals surface area contributed by atoms with Crippen LogP contribution in [0, 0.1) is 6.92 Å². The maximum Gasteiger partial charge on any atom is 0.255 e. The molecular weight excluding hydrogens is 446 g/mol. The highest BCUT2D eigenvalue weighted by Crippen LogP contribution is 2.22. The predicted molar refractivity (Wildman–Crippen MR) is 146 cm³/mol. The van der Waals surface area contributed by atoms with Gasteiger partial charge in [0.25, 0.3) is 11.8 Å². The summed E-state index contributed by atoms with van der Waals surface area (Å²) < 4.78 is 0. The second kappa shape index (κ2) is 10.5. The van der Waals surface area contributed by atoms with Gasteiger partial charge in [-0.3, -0.25) is 9.59 Å². The Bertz CT molecular complexity index is 1320. The van der Waals surface area contributed by atoms with Gasteiger partial charge < -0.3 is 15.1 Å². The van der Waals surface area contributed by atoms with Gasteiger partial charge in [0.1, 0.15) is 0 Å². The molecule has 1 heterocycles. The minimum atomic E-state index is -0.134. The number of nitrogens with zero attached hydrogens (tertiary/aromatic N) is 2. The number of rotatable bonds is 5. The molecule has 5 nitrogen and oxygen atoms in total. The summed E-state index contributed by atoms with van der Waals surface area (Å²) in [5, 5.41) is 2.98. The van der Waals surface area contributed by atoms with E-state index in [4.69, 9.17) is 0 Å². The summed E-state index contributed by atoms with van der Waals surface area (Å²) in [6.45, 7) is 4.94. The number of aryl methyl sites for hydroxylation is 1. The van der Waals surface area contributed by atoms with Crippen molar-refractivity contribution in [3.05, 3.63) is 120 Å². The smallest absolute Gasteiger partial charge is 0.255 e. The molecule has 0 aliphatic carbocycles. The number of amides is 2.